The number of ether oxygens (including phenoxy) is 3. The van der Waals surface area contributed by atoms with Crippen molar-refractivity contribution in [3.05, 3.63) is 59.7 Å². The summed E-state index contributed by atoms with van der Waals surface area (Å²) in [6, 6.07) is 16.5. The van der Waals surface area contributed by atoms with Gasteiger partial charge in [0.25, 0.3) is 0 Å². The lowest BCUT2D eigenvalue weighted by molar-refractivity contribution is 0.0124. The molecule has 4 rings (SSSR count). The summed E-state index contributed by atoms with van der Waals surface area (Å²) in [6.07, 6.45) is 2.85. The lowest BCUT2D eigenvalue weighted by Gasteiger charge is -2.39. The first-order chi connectivity index (χ1) is 17.5. The van der Waals surface area contributed by atoms with E-state index in [0.717, 1.165) is 37.4 Å². The molecule has 203 valence electrons. The maximum atomic E-state index is 6.89. The minimum absolute atomic E-state index is 0.0490. The second-order valence-electron chi connectivity index (χ2n) is 12.3. The fourth-order valence-corrected chi connectivity index (χ4v) is 7.12. The van der Waals surface area contributed by atoms with Crippen LogP contribution in [0.25, 0.3) is 0 Å². The Hall–Kier alpha value is -1.65. The fourth-order valence-electron chi connectivity index (χ4n) is 5.17. The third kappa shape index (κ3) is 6.87. The van der Waals surface area contributed by atoms with E-state index in [1.165, 1.54) is 11.1 Å². The summed E-state index contributed by atoms with van der Waals surface area (Å²) >= 11 is 0. The monoisotopic (exact) mass is 541 g/mol. The van der Waals surface area contributed by atoms with Crippen LogP contribution in [0.1, 0.15) is 50.8 Å². The molecule has 1 fully saturated rings. The van der Waals surface area contributed by atoms with Crippen molar-refractivity contribution < 1.29 is 23.1 Å². The van der Waals surface area contributed by atoms with Crippen LogP contribution >= 0.6 is 0 Å². The Bertz CT molecular complexity index is 1030. The summed E-state index contributed by atoms with van der Waals surface area (Å²) in [7, 11) is -0.882. The van der Waals surface area contributed by atoms with E-state index in [0.29, 0.717) is 5.92 Å². The molecule has 1 radical (unpaired) electrons. The van der Waals surface area contributed by atoms with Gasteiger partial charge in [-0.3, -0.25) is 0 Å². The molecule has 2 aromatic carbocycles. The van der Waals surface area contributed by atoms with Crippen LogP contribution in [-0.2, 0) is 20.0 Å². The standard InChI is InChI=1S/C30H45O5Si2/c1-30(2,3)37(7,8)35-27-19-25(16-22(27)20-32-36(5)6)33-23-13-11-14-24(18-23)34-28-17-21-12-9-10-15-26(21)29(28)31-4/h9-15,18,22,25,27-29H,16-17,19-20H2,1-8H3/t22-,25+,27-,28+,29-/m0/s1. The molecular weight excluding hydrogens is 496 g/mol. The highest BCUT2D eigenvalue weighted by Crippen LogP contribution is 2.42. The molecule has 0 aromatic heterocycles. The van der Waals surface area contributed by atoms with Crippen molar-refractivity contribution in [2.45, 2.75) is 95.7 Å². The van der Waals surface area contributed by atoms with Gasteiger partial charge in [0, 0.05) is 38.5 Å². The van der Waals surface area contributed by atoms with E-state index in [1.54, 1.807) is 7.11 Å². The van der Waals surface area contributed by atoms with Crippen LogP contribution in [-0.4, -0.2) is 49.4 Å². The van der Waals surface area contributed by atoms with E-state index < -0.39 is 17.4 Å². The quantitative estimate of drug-likeness (QED) is 0.298. The van der Waals surface area contributed by atoms with Gasteiger partial charge in [-0.2, -0.15) is 0 Å². The smallest absolute Gasteiger partial charge is 0.204 e. The normalized spacial score (nSPS) is 25.9. The summed E-state index contributed by atoms with van der Waals surface area (Å²) in [5.74, 6) is 2.02. The van der Waals surface area contributed by atoms with Gasteiger partial charge in [-0.05, 0) is 60.9 Å². The minimum atomic E-state index is -1.89. The lowest BCUT2D eigenvalue weighted by Crippen LogP contribution is -2.45. The van der Waals surface area contributed by atoms with E-state index in [2.05, 4.69) is 71.2 Å². The fraction of sp³-hybridized carbons (Fsp3) is 0.600. The van der Waals surface area contributed by atoms with E-state index in [4.69, 9.17) is 23.1 Å². The molecule has 0 bridgehead atoms. The molecule has 0 amide bonds. The van der Waals surface area contributed by atoms with Crippen molar-refractivity contribution in [3.63, 3.8) is 0 Å². The van der Waals surface area contributed by atoms with E-state index in [1.807, 2.05) is 24.3 Å². The summed E-state index contributed by atoms with van der Waals surface area (Å²) in [6.45, 7) is 16.7. The molecule has 2 aliphatic rings. The highest BCUT2D eigenvalue weighted by Gasteiger charge is 2.44. The maximum Gasteiger partial charge on any atom is 0.204 e. The average molecular weight is 542 g/mol. The Morgan fingerprint density at radius 1 is 0.919 bits per heavy atom. The van der Waals surface area contributed by atoms with Crippen LogP contribution in [0.3, 0.4) is 0 Å². The zero-order valence-electron chi connectivity index (χ0n) is 23.9. The number of benzene rings is 2. The highest BCUT2D eigenvalue weighted by molar-refractivity contribution is 6.74. The zero-order chi connectivity index (χ0) is 26.8. The molecule has 0 N–H and O–H groups in total. The van der Waals surface area contributed by atoms with Gasteiger partial charge in [-0.1, -0.05) is 51.1 Å². The largest absolute Gasteiger partial charge is 0.490 e. The van der Waals surface area contributed by atoms with Crippen LogP contribution in [0.15, 0.2) is 48.5 Å². The Kier molecular flexibility index (Phi) is 8.91. The Morgan fingerprint density at radius 3 is 2.30 bits per heavy atom. The lowest BCUT2D eigenvalue weighted by atomic mass is 10.1. The predicted octanol–water partition coefficient (Wildman–Crippen LogP) is 7.19. The second-order valence-corrected chi connectivity index (χ2v) is 19.2. The molecule has 7 heteroatoms. The van der Waals surface area contributed by atoms with Gasteiger partial charge in [0.05, 0.1) is 6.10 Å². The summed E-state index contributed by atoms with van der Waals surface area (Å²) in [5, 5.41) is 0.174. The molecule has 0 aliphatic heterocycles. The van der Waals surface area contributed by atoms with Crippen molar-refractivity contribution in [3.8, 4) is 11.5 Å². The van der Waals surface area contributed by atoms with Gasteiger partial charge >= 0.3 is 0 Å². The molecule has 0 spiro atoms. The van der Waals surface area contributed by atoms with Crippen LogP contribution < -0.4 is 9.47 Å². The van der Waals surface area contributed by atoms with Crippen LogP contribution in [0.5, 0.6) is 11.5 Å². The van der Waals surface area contributed by atoms with Crippen LogP contribution in [0.2, 0.25) is 31.2 Å². The maximum absolute atomic E-state index is 6.89. The van der Waals surface area contributed by atoms with Crippen molar-refractivity contribution in [2.75, 3.05) is 13.7 Å². The third-order valence-electron chi connectivity index (χ3n) is 8.19. The van der Waals surface area contributed by atoms with Gasteiger partial charge in [0.1, 0.15) is 29.8 Å². The molecule has 0 unspecified atom stereocenters. The Morgan fingerprint density at radius 2 is 1.62 bits per heavy atom. The molecule has 1 saturated carbocycles. The topological polar surface area (TPSA) is 46.2 Å². The molecule has 37 heavy (non-hydrogen) atoms. The molecule has 0 saturated heterocycles. The number of hydrogen-bond donors (Lipinski definition) is 0. The van der Waals surface area contributed by atoms with Gasteiger partial charge in [0.15, 0.2) is 8.32 Å². The molecule has 5 atom stereocenters. The van der Waals surface area contributed by atoms with Crippen molar-refractivity contribution in [1.29, 1.82) is 0 Å². The van der Waals surface area contributed by atoms with Gasteiger partial charge in [-0.15, -0.1) is 0 Å². The molecule has 2 aliphatic carbocycles. The predicted molar refractivity (Wildman–Crippen MR) is 153 cm³/mol. The Balaban J connectivity index is 1.42. The first kappa shape index (κ1) is 28.4. The van der Waals surface area contributed by atoms with Gasteiger partial charge < -0.3 is 23.1 Å². The molecule has 2 aromatic rings. The molecular formula is C30H45O5Si2. The molecule has 0 heterocycles. The SMILES string of the molecule is CO[C@H]1c2ccccc2C[C@H]1Oc1cccc(O[C@@H]2C[C@@H](CO[Si](C)C)[C@@H](O[Si](C)(C)C(C)(C)C)C2)c1. The van der Waals surface area contributed by atoms with Crippen molar-refractivity contribution in [1.82, 2.24) is 0 Å². The Labute approximate surface area is 226 Å². The number of rotatable bonds is 10. The second kappa shape index (κ2) is 11.6. The first-order valence-corrected chi connectivity index (χ1v) is 18.9. The highest BCUT2D eigenvalue weighted by atomic mass is 28.4. The minimum Gasteiger partial charge on any atom is -0.490 e. The van der Waals surface area contributed by atoms with Crippen molar-refractivity contribution in [2.24, 2.45) is 5.92 Å². The van der Waals surface area contributed by atoms with E-state index >= 15 is 0 Å². The number of hydrogen-bond acceptors (Lipinski definition) is 5. The zero-order valence-corrected chi connectivity index (χ0v) is 25.9. The number of methoxy groups -OCH3 is 1. The first-order valence-electron chi connectivity index (χ1n) is 13.6. The third-order valence-corrected chi connectivity index (χ3v) is 13.4. The summed E-state index contributed by atoms with van der Waals surface area (Å²) in [4.78, 5) is 0. The van der Waals surface area contributed by atoms with Gasteiger partial charge in [-0.25, -0.2) is 0 Å². The van der Waals surface area contributed by atoms with E-state index in [-0.39, 0.29) is 29.5 Å². The average Bonchev–Trinajstić information content (AvgIpc) is 3.36. The summed E-state index contributed by atoms with van der Waals surface area (Å²) < 4.78 is 31.8. The van der Waals surface area contributed by atoms with Crippen LogP contribution in [0, 0.1) is 5.92 Å². The molecule has 5 nitrogen and oxygen atoms in total. The summed E-state index contributed by atoms with van der Waals surface area (Å²) in [5.41, 5.74) is 2.51. The van der Waals surface area contributed by atoms with Crippen LogP contribution in [0.4, 0.5) is 0 Å². The van der Waals surface area contributed by atoms with E-state index in [9.17, 15) is 0 Å². The van der Waals surface area contributed by atoms with Gasteiger partial charge in [0.2, 0.25) is 9.04 Å². The van der Waals surface area contributed by atoms with Crippen molar-refractivity contribution >= 4 is 17.4 Å². The number of fused-ring (bicyclic) bond motifs is 1.